The van der Waals surface area contributed by atoms with Crippen LogP contribution in [0.15, 0.2) is 15.8 Å². The molecule has 0 unspecified atom stereocenters. The molecule has 1 aliphatic heterocycles. The molecule has 1 N–H and O–H groups in total. The second-order valence-corrected chi connectivity index (χ2v) is 4.12. The van der Waals surface area contributed by atoms with Crippen LogP contribution in [-0.2, 0) is 11.3 Å². The number of ether oxygens (including phenoxy) is 1. The van der Waals surface area contributed by atoms with E-state index in [0.717, 1.165) is 12.8 Å². The average Bonchev–Trinajstić information content (AvgIpc) is 2.34. The van der Waals surface area contributed by atoms with Gasteiger partial charge in [-0.2, -0.15) is 5.26 Å². The number of aromatic amines is 1. The predicted octanol–water partition coefficient (Wildman–Crippen LogP) is -0.165. The third kappa shape index (κ3) is 2.63. The summed E-state index contributed by atoms with van der Waals surface area (Å²) in [5, 5.41) is 8.73. The highest BCUT2D eigenvalue weighted by Gasteiger charge is 2.15. The van der Waals surface area contributed by atoms with Crippen LogP contribution < -0.4 is 11.2 Å². The van der Waals surface area contributed by atoms with Crippen LogP contribution in [0.2, 0.25) is 0 Å². The molecule has 0 bridgehead atoms. The minimum Gasteiger partial charge on any atom is -0.381 e. The first kappa shape index (κ1) is 11.6. The van der Waals surface area contributed by atoms with Crippen molar-refractivity contribution in [2.75, 3.05) is 13.2 Å². The van der Waals surface area contributed by atoms with Crippen LogP contribution in [0.4, 0.5) is 0 Å². The van der Waals surface area contributed by atoms with E-state index in [9.17, 15) is 9.59 Å². The lowest BCUT2D eigenvalue weighted by atomic mass is 10.0. The Morgan fingerprint density at radius 1 is 1.47 bits per heavy atom. The van der Waals surface area contributed by atoms with Crippen molar-refractivity contribution in [3.63, 3.8) is 0 Å². The number of aromatic nitrogens is 2. The van der Waals surface area contributed by atoms with Gasteiger partial charge in [-0.15, -0.1) is 0 Å². The van der Waals surface area contributed by atoms with E-state index in [1.54, 1.807) is 6.07 Å². The molecule has 0 aromatic carbocycles. The topological polar surface area (TPSA) is 87.9 Å². The maximum Gasteiger partial charge on any atom is 0.328 e. The van der Waals surface area contributed by atoms with E-state index in [-0.39, 0.29) is 5.56 Å². The van der Waals surface area contributed by atoms with Crippen molar-refractivity contribution >= 4 is 0 Å². The molecular weight excluding hydrogens is 222 g/mol. The fourth-order valence-corrected chi connectivity index (χ4v) is 1.93. The van der Waals surface area contributed by atoms with Crippen molar-refractivity contribution < 1.29 is 4.74 Å². The molecule has 2 rings (SSSR count). The highest BCUT2D eigenvalue weighted by molar-refractivity contribution is 5.21. The normalized spacial score (nSPS) is 16.6. The van der Waals surface area contributed by atoms with Gasteiger partial charge in [0.2, 0.25) is 0 Å². The Hall–Kier alpha value is -1.87. The summed E-state index contributed by atoms with van der Waals surface area (Å²) >= 11 is 0. The Balaban J connectivity index is 2.23. The monoisotopic (exact) mass is 235 g/mol. The van der Waals surface area contributed by atoms with Crippen molar-refractivity contribution in [2.45, 2.75) is 19.4 Å². The Morgan fingerprint density at radius 2 is 2.18 bits per heavy atom. The van der Waals surface area contributed by atoms with E-state index < -0.39 is 11.2 Å². The molecule has 0 radical (unpaired) electrons. The van der Waals surface area contributed by atoms with E-state index in [2.05, 4.69) is 4.98 Å². The van der Waals surface area contributed by atoms with E-state index in [1.807, 2.05) is 0 Å². The second kappa shape index (κ2) is 4.97. The van der Waals surface area contributed by atoms with Gasteiger partial charge in [-0.3, -0.25) is 14.3 Å². The fraction of sp³-hybridized carbons (Fsp3) is 0.545. The molecule has 1 saturated heterocycles. The molecule has 0 amide bonds. The van der Waals surface area contributed by atoms with Crippen molar-refractivity contribution in [1.82, 2.24) is 9.55 Å². The minimum atomic E-state index is -0.624. The maximum atomic E-state index is 11.5. The van der Waals surface area contributed by atoms with Gasteiger partial charge in [-0.25, -0.2) is 4.79 Å². The molecule has 6 nitrogen and oxygen atoms in total. The SMILES string of the molecule is N#Cc1cn(CC2CCOCC2)c(=O)[nH]c1=O. The summed E-state index contributed by atoms with van der Waals surface area (Å²) in [4.78, 5) is 24.9. The van der Waals surface area contributed by atoms with Crippen molar-refractivity contribution in [3.05, 3.63) is 32.6 Å². The molecule has 1 fully saturated rings. The predicted molar refractivity (Wildman–Crippen MR) is 59.6 cm³/mol. The van der Waals surface area contributed by atoms with Gasteiger partial charge in [0.05, 0.1) is 0 Å². The van der Waals surface area contributed by atoms with Crippen molar-refractivity contribution in [1.29, 1.82) is 5.26 Å². The summed E-state index contributed by atoms with van der Waals surface area (Å²) in [5.41, 5.74) is -1.11. The molecule has 1 aliphatic rings. The van der Waals surface area contributed by atoms with Crippen LogP contribution in [0.25, 0.3) is 0 Å². The number of H-pyrrole nitrogens is 1. The molecule has 2 heterocycles. The zero-order chi connectivity index (χ0) is 12.3. The largest absolute Gasteiger partial charge is 0.381 e. The van der Waals surface area contributed by atoms with Gasteiger partial charge < -0.3 is 4.74 Å². The summed E-state index contributed by atoms with van der Waals surface area (Å²) in [6.07, 6.45) is 3.12. The lowest BCUT2D eigenvalue weighted by Gasteiger charge is -2.22. The summed E-state index contributed by atoms with van der Waals surface area (Å²) in [5.74, 6) is 0.360. The van der Waals surface area contributed by atoms with Crippen LogP contribution in [0, 0.1) is 17.2 Å². The lowest BCUT2D eigenvalue weighted by molar-refractivity contribution is 0.0608. The lowest BCUT2D eigenvalue weighted by Crippen LogP contribution is -2.33. The van der Waals surface area contributed by atoms with Gasteiger partial charge in [0.25, 0.3) is 5.56 Å². The first-order valence-corrected chi connectivity index (χ1v) is 5.52. The van der Waals surface area contributed by atoms with Gasteiger partial charge in [0.15, 0.2) is 0 Å². The molecule has 0 spiro atoms. The number of nitriles is 1. The summed E-state index contributed by atoms with van der Waals surface area (Å²) in [6.45, 7) is 1.93. The van der Waals surface area contributed by atoms with E-state index >= 15 is 0 Å². The third-order valence-corrected chi connectivity index (χ3v) is 2.93. The van der Waals surface area contributed by atoms with E-state index in [0.29, 0.717) is 25.7 Å². The fourth-order valence-electron chi connectivity index (χ4n) is 1.93. The van der Waals surface area contributed by atoms with Gasteiger partial charge in [0, 0.05) is 26.0 Å². The number of rotatable bonds is 2. The molecule has 0 atom stereocenters. The maximum absolute atomic E-state index is 11.5. The number of nitrogens with zero attached hydrogens (tertiary/aromatic N) is 2. The zero-order valence-electron chi connectivity index (χ0n) is 9.31. The molecule has 1 aromatic heterocycles. The summed E-state index contributed by atoms with van der Waals surface area (Å²) < 4.78 is 6.63. The van der Waals surface area contributed by atoms with E-state index in [1.165, 1.54) is 10.8 Å². The van der Waals surface area contributed by atoms with Gasteiger partial charge in [-0.1, -0.05) is 0 Å². The van der Waals surface area contributed by atoms with Gasteiger partial charge >= 0.3 is 5.69 Å². The van der Waals surface area contributed by atoms with Crippen molar-refractivity contribution in [3.8, 4) is 6.07 Å². The van der Waals surface area contributed by atoms with Crippen LogP contribution in [0.5, 0.6) is 0 Å². The average molecular weight is 235 g/mol. The second-order valence-electron chi connectivity index (χ2n) is 4.12. The van der Waals surface area contributed by atoms with Crippen LogP contribution in [0.3, 0.4) is 0 Å². The highest BCUT2D eigenvalue weighted by atomic mass is 16.5. The Bertz CT molecular complexity index is 546. The first-order chi connectivity index (χ1) is 8.20. The smallest absolute Gasteiger partial charge is 0.328 e. The van der Waals surface area contributed by atoms with Crippen LogP contribution in [0.1, 0.15) is 18.4 Å². The number of nitrogens with one attached hydrogen (secondary N) is 1. The Labute approximate surface area is 97.5 Å². The van der Waals surface area contributed by atoms with E-state index in [4.69, 9.17) is 10.00 Å². The van der Waals surface area contributed by atoms with Gasteiger partial charge in [0.1, 0.15) is 11.6 Å². The van der Waals surface area contributed by atoms with Gasteiger partial charge in [-0.05, 0) is 18.8 Å². The minimum absolute atomic E-state index is 0.0309. The molecule has 0 aliphatic carbocycles. The Kier molecular flexibility index (Phi) is 3.40. The standard InChI is InChI=1S/C11H13N3O3/c12-5-9-7-14(11(16)13-10(9)15)6-8-1-3-17-4-2-8/h7-8H,1-4,6H2,(H,13,15,16). The molecule has 1 aromatic rings. The first-order valence-electron chi connectivity index (χ1n) is 5.52. The molecule has 17 heavy (non-hydrogen) atoms. The molecule has 6 heteroatoms. The number of hydrogen-bond donors (Lipinski definition) is 1. The quantitative estimate of drug-likeness (QED) is 0.771. The summed E-state index contributed by atoms with van der Waals surface area (Å²) in [7, 11) is 0. The summed E-state index contributed by atoms with van der Waals surface area (Å²) in [6, 6.07) is 1.77. The zero-order valence-corrected chi connectivity index (χ0v) is 9.31. The third-order valence-electron chi connectivity index (χ3n) is 2.93. The Morgan fingerprint density at radius 3 is 2.82 bits per heavy atom. The molecule has 0 saturated carbocycles. The highest BCUT2D eigenvalue weighted by Crippen LogP contribution is 2.15. The molecule has 90 valence electrons. The molecular formula is C11H13N3O3. The van der Waals surface area contributed by atoms with Crippen LogP contribution in [-0.4, -0.2) is 22.8 Å². The van der Waals surface area contributed by atoms with Crippen molar-refractivity contribution in [2.24, 2.45) is 5.92 Å². The number of hydrogen-bond acceptors (Lipinski definition) is 4. The van der Waals surface area contributed by atoms with Crippen LogP contribution >= 0.6 is 0 Å².